The third kappa shape index (κ3) is 4.78. The molecule has 0 N–H and O–H groups in total. The third-order valence-electron chi connectivity index (χ3n) is 0.774. The Hall–Kier alpha value is 0.780. The molecule has 38 valence electrons. The first-order valence-electron chi connectivity index (χ1n) is 2.12. The molecule has 0 nitrogen and oxygen atoms in total. The summed E-state index contributed by atoms with van der Waals surface area (Å²) in [6.07, 6.45) is 1.25. The van der Waals surface area contributed by atoms with Gasteiger partial charge in [0.25, 0.3) is 0 Å². The van der Waals surface area contributed by atoms with Crippen LogP contribution in [0.3, 0.4) is 0 Å². The lowest BCUT2D eigenvalue weighted by atomic mass is 11.0. The van der Waals surface area contributed by atoms with Crippen LogP contribution >= 0.6 is 18.7 Å². The van der Waals surface area contributed by atoms with E-state index in [1.54, 1.807) is 0 Å². The van der Waals surface area contributed by atoms with E-state index in [4.69, 9.17) is 0 Å². The van der Waals surface area contributed by atoms with Crippen LogP contribution in [0, 0.1) is 0 Å². The smallest absolute Gasteiger partial charge is 0.0302 e. The summed E-state index contributed by atoms with van der Waals surface area (Å²) in [7, 11) is 0. The molecule has 0 aliphatic heterocycles. The zero-order valence-corrected chi connectivity index (χ0v) is 6.39. The fraction of sp³-hybridized carbons (Fsp3) is 1.00. The van der Waals surface area contributed by atoms with E-state index in [1.165, 1.54) is 6.16 Å². The molecule has 0 fully saturated rings. The molecule has 0 amide bonds. The van der Waals surface area contributed by atoms with Crippen LogP contribution in [-0.4, -0.2) is 19.5 Å². The minimum absolute atomic E-state index is 0.702. The summed E-state index contributed by atoms with van der Waals surface area (Å²) in [6, 6.07) is 0. The summed E-state index contributed by atoms with van der Waals surface area (Å²) in [5.41, 5.74) is 0. The van der Waals surface area contributed by atoms with Gasteiger partial charge in [0.1, 0.15) is 0 Å². The van der Waals surface area contributed by atoms with E-state index in [-0.39, 0.29) is 0 Å². The Morgan fingerprint density at radius 2 is 1.67 bits per heavy atom. The molecule has 0 aliphatic rings. The van der Waals surface area contributed by atoms with Gasteiger partial charge >= 0.3 is 0 Å². The molecule has 0 saturated heterocycles. The third-order valence-corrected chi connectivity index (χ3v) is 3.17. The molecule has 0 unspecified atom stereocenters. The Morgan fingerprint density at radius 1 is 1.50 bits per heavy atom. The van der Waals surface area contributed by atoms with Crippen molar-refractivity contribution < 1.29 is 0 Å². The topological polar surface area (TPSA) is 0 Å². The van der Waals surface area contributed by atoms with Gasteiger partial charge in [-0.2, -0.15) is 0 Å². The minimum Gasteiger partial charge on any atom is -0.0302 e. The average molecular weight is 123 g/mol. The fourth-order valence-corrected chi connectivity index (χ4v) is 0. The zero-order valence-electron chi connectivity index (χ0n) is 4.60. The predicted molar refractivity (Wildman–Crippen MR) is 38.3 cm³/mol. The highest BCUT2D eigenvalue weighted by atomic mass is 32.7. The van der Waals surface area contributed by atoms with Crippen molar-refractivity contribution in [3.8, 4) is 0 Å². The lowest BCUT2D eigenvalue weighted by molar-refractivity contribution is 1.49. The van der Waals surface area contributed by atoms with Crippen LogP contribution in [-0.2, 0) is 0 Å². The lowest BCUT2D eigenvalue weighted by Gasteiger charge is -2.02. The first-order chi connectivity index (χ1) is 2.56. The Labute approximate surface area is 45.8 Å². The largest absolute Gasteiger partial charge is 0.0661 e. The second-order valence-corrected chi connectivity index (χ2v) is 9.06. The van der Waals surface area contributed by atoms with Gasteiger partial charge in [-0.1, -0.05) is 0 Å². The van der Waals surface area contributed by atoms with Crippen LogP contribution in [0.25, 0.3) is 0 Å². The molecule has 0 aromatic heterocycles. The lowest BCUT2D eigenvalue weighted by Crippen LogP contribution is -1.77. The van der Waals surface area contributed by atoms with Crippen LogP contribution in [0.1, 0.15) is 6.92 Å². The molecule has 0 aromatic carbocycles. The summed E-state index contributed by atoms with van der Waals surface area (Å²) in [6.45, 7) is 5.92. The quantitative estimate of drug-likeness (QED) is 0.401. The van der Waals surface area contributed by atoms with Gasteiger partial charge in [0.15, 0.2) is 0 Å². The van der Waals surface area contributed by atoms with Crippen molar-refractivity contribution in [1.29, 1.82) is 0 Å². The summed E-state index contributed by atoms with van der Waals surface area (Å²) in [4.78, 5) is 0. The van der Waals surface area contributed by atoms with Gasteiger partial charge in [-0.3, -0.25) is 0 Å². The summed E-state index contributed by atoms with van der Waals surface area (Å²) < 4.78 is 0. The van der Waals surface area contributed by atoms with Crippen molar-refractivity contribution in [2.24, 2.45) is 0 Å². The van der Waals surface area contributed by atoms with Crippen molar-refractivity contribution in [2.45, 2.75) is 6.92 Å². The van der Waals surface area contributed by atoms with Gasteiger partial charge < -0.3 is 0 Å². The molecule has 0 atom stereocenters. The number of rotatable bonds is 1. The van der Waals surface area contributed by atoms with E-state index in [2.05, 4.69) is 32.5 Å². The van der Waals surface area contributed by atoms with Crippen molar-refractivity contribution in [2.75, 3.05) is 19.5 Å². The molecule has 0 spiro atoms. The highest BCUT2D eigenvalue weighted by molar-refractivity contribution is 8.52. The van der Waals surface area contributed by atoms with Crippen molar-refractivity contribution in [1.82, 2.24) is 0 Å². The van der Waals surface area contributed by atoms with Gasteiger partial charge in [-0.05, 0) is 6.92 Å². The van der Waals surface area contributed by atoms with Gasteiger partial charge in [-0.15, -0.1) is 0 Å². The predicted octanol–water partition coefficient (Wildman–Crippen LogP) is 2.13. The highest BCUT2D eigenvalue weighted by Crippen LogP contribution is 2.55. The molecular weight excluding hydrogens is 111 g/mol. The van der Waals surface area contributed by atoms with E-state index in [0.29, 0.717) is 0 Å². The second-order valence-electron chi connectivity index (χ2n) is 1.94. The van der Waals surface area contributed by atoms with E-state index in [0.717, 1.165) is 0 Å². The summed E-state index contributed by atoms with van der Waals surface area (Å²) in [5.74, 6) is 0. The van der Waals surface area contributed by atoms with Gasteiger partial charge in [-0.25, -0.2) is 0 Å². The molecule has 0 aliphatic carbocycles. The Bertz CT molecular complexity index is 37.3. The first kappa shape index (κ1) is 6.78. The molecule has 0 radical (unpaired) electrons. The number of thiol groups is 1. The monoisotopic (exact) mass is 123 g/mol. The van der Waals surface area contributed by atoms with Crippen LogP contribution in [0.4, 0.5) is 0 Å². The maximum Gasteiger partial charge on any atom is 0.0661 e. The van der Waals surface area contributed by atoms with E-state index in [9.17, 15) is 0 Å². The van der Waals surface area contributed by atoms with Crippen molar-refractivity contribution >= 4 is 18.7 Å². The van der Waals surface area contributed by atoms with Crippen LogP contribution in [0.5, 0.6) is 0 Å². The maximum atomic E-state index is 4.37. The summed E-state index contributed by atoms with van der Waals surface area (Å²) in [5, 5.41) is 0. The molecule has 0 aromatic rings. The molecule has 0 heterocycles. The molecule has 2 heteroatoms. The van der Waals surface area contributed by atoms with Crippen LogP contribution < -0.4 is 0 Å². The molecule has 0 saturated carbocycles. The Balaban J connectivity index is 3.17. The van der Waals surface area contributed by atoms with Crippen LogP contribution in [0.2, 0.25) is 0 Å². The number of hydrogen-bond acceptors (Lipinski definition) is 1. The molecule has 0 rings (SSSR count). The molecule has 6 heavy (non-hydrogen) atoms. The minimum atomic E-state index is -0.702. The molecule has 0 bridgehead atoms. The van der Waals surface area contributed by atoms with Crippen molar-refractivity contribution in [3.05, 3.63) is 0 Å². The highest BCUT2D eigenvalue weighted by Gasteiger charge is 2.13. The van der Waals surface area contributed by atoms with Crippen molar-refractivity contribution in [3.63, 3.8) is 0 Å². The van der Waals surface area contributed by atoms with E-state index < -0.39 is 6.46 Å². The summed E-state index contributed by atoms with van der Waals surface area (Å²) >= 11 is 4.37. The second kappa shape index (κ2) is 2.18. The van der Waals surface area contributed by atoms with Gasteiger partial charge in [0.05, 0.1) is 26.0 Å². The van der Waals surface area contributed by atoms with Gasteiger partial charge in [0.2, 0.25) is 0 Å². The van der Waals surface area contributed by atoms with E-state index >= 15 is 0 Å². The SMILES string of the molecule is CC[P+](C)(C)S. The van der Waals surface area contributed by atoms with E-state index in [1.807, 2.05) is 0 Å². The zero-order chi connectivity index (χ0) is 5.21. The molecular formula is C4H12PS+. The Kier molecular flexibility index (Phi) is 2.47. The fourth-order valence-electron chi connectivity index (χ4n) is 0. The average Bonchev–Trinajstić information content (AvgIpc) is 1.35. The Morgan fingerprint density at radius 3 is 1.67 bits per heavy atom. The number of hydrogen-bond donors (Lipinski definition) is 1. The normalized spacial score (nSPS) is 12.0. The standard InChI is InChI=1S/C4H12PS/c1-4-5(2,3)6/h6H,4H2,1-3H3/q+1. The maximum absolute atomic E-state index is 4.37. The van der Waals surface area contributed by atoms with Crippen LogP contribution in [0.15, 0.2) is 0 Å². The van der Waals surface area contributed by atoms with Gasteiger partial charge in [0, 0.05) is 12.2 Å². The first-order valence-corrected chi connectivity index (χ1v) is 6.14.